The van der Waals surface area contributed by atoms with Crippen LogP contribution in [0.15, 0.2) is 36.1 Å². The van der Waals surface area contributed by atoms with Crippen LogP contribution in [0.3, 0.4) is 0 Å². The second-order valence-electron chi connectivity index (χ2n) is 11.7. The van der Waals surface area contributed by atoms with Gasteiger partial charge >= 0.3 is 0 Å². The van der Waals surface area contributed by atoms with E-state index in [2.05, 4.69) is 34.1 Å². The highest BCUT2D eigenvalue weighted by Gasteiger charge is 2.36. The molecular weight excluding hydrogens is 562 g/mol. The molecule has 2 bridgehead atoms. The lowest BCUT2D eigenvalue weighted by Gasteiger charge is -2.43. The van der Waals surface area contributed by atoms with Gasteiger partial charge < -0.3 is 25.1 Å². The van der Waals surface area contributed by atoms with Crippen molar-refractivity contribution >= 4 is 57.5 Å². The Morgan fingerprint density at radius 3 is 2.46 bits per heavy atom. The number of nitrogens with one attached hydrogen (secondary N) is 1. The molecule has 41 heavy (non-hydrogen) atoms. The molecular formula is C31H35Cl2FN6O. The second-order valence-corrected chi connectivity index (χ2v) is 12.5. The Kier molecular flexibility index (Phi) is 7.61. The average Bonchev–Trinajstić information content (AvgIpc) is 3.22. The summed E-state index contributed by atoms with van der Waals surface area (Å²) in [6.45, 7) is 6.81. The third kappa shape index (κ3) is 5.39. The van der Waals surface area contributed by atoms with Gasteiger partial charge in [-0.15, -0.1) is 0 Å². The Hall–Kier alpha value is -2.91. The molecule has 6 rings (SSSR count). The molecule has 2 unspecified atom stereocenters. The van der Waals surface area contributed by atoms with Crippen LogP contribution in [-0.4, -0.2) is 78.4 Å². The zero-order valence-corrected chi connectivity index (χ0v) is 25.3. The van der Waals surface area contributed by atoms with Crippen molar-refractivity contribution in [2.45, 2.75) is 44.8 Å². The molecule has 2 atom stereocenters. The summed E-state index contributed by atoms with van der Waals surface area (Å²) >= 11 is 13.0. The van der Waals surface area contributed by atoms with E-state index in [1.165, 1.54) is 6.08 Å². The van der Waals surface area contributed by atoms with Crippen molar-refractivity contribution in [1.29, 1.82) is 0 Å². The van der Waals surface area contributed by atoms with Gasteiger partial charge in [0.05, 0.1) is 5.02 Å². The van der Waals surface area contributed by atoms with Crippen LogP contribution in [0.1, 0.15) is 36.5 Å². The second kappa shape index (κ2) is 11.1. The average molecular weight is 598 g/mol. The molecule has 3 aliphatic heterocycles. The molecule has 3 saturated heterocycles. The number of aromatic nitrogens is 2. The Bertz CT molecular complexity index is 1560. The number of aliphatic hydroxyl groups is 1. The number of likely N-dealkylation sites (N-methyl/N-ethyl adjacent to an activating group) is 1. The SMILES string of the molecule is C/C(=C\C(O)=C/c1cccc(Cl)c1C)c1c(Cl)cc2c(N3CC4CCC(C3)N4)nc(N3CC(N(C)C)C3)nc2c1F. The summed E-state index contributed by atoms with van der Waals surface area (Å²) in [4.78, 5) is 16.3. The van der Waals surface area contributed by atoms with Crippen LogP contribution in [0.25, 0.3) is 22.6 Å². The topological polar surface area (TPSA) is 67.8 Å². The smallest absolute Gasteiger partial charge is 0.228 e. The molecule has 0 radical (unpaired) electrons. The number of rotatable bonds is 6. The first-order chi connectivity index (χ1) is 19.6. The highest BCUT2D eigenvalue weighted by Crippen LogP contribution is 2.39. The summed E-state index contributed by atoms with van der Waals surface area (Å²) < 4.78 is 16.5. The van der Waals surface area contributed by atoms with Gasteiger partial charge in [-0.25, -0.2) is 9.37 Å². The maximum absolute atomic E-state index is 16.5. The van der Waals surface area contributed by atoms with E-state index in [1.807, 2.05) is 19.1 Å². The van der Waals surface area contributed by atoms with Crippen LogP contribution >= 0.6 is 23.2 Å². The minimum atomic E-state index is -0.513. The van der Waals surface area contributed by atoms with Gasteiger partial charge in [0.15, 0.2) is 5.82 Å². The number of halogens is 3. The molecule has 2 N–H and O–H groups in total. The summed E-state index contributed by atoms with van der Waals surface area (Å²) in [6, 6.07) is 8.45. The molecule has 3 aliphatic rings. The Labute approximate surface area is 250 Å². The van der Waals surface area contributed by atoms with Crippen molar-refractivity contribution in [2.24, 2.45) is 0 Å². The van der Waals surface area contributed by atoms with E-state index < -0.39 is 5.82 Å². The molecule has 0 amide bonds. The first kappa shape index (κ1) is 28.2. The molecule has 3 aromatic rings. The minimum Gasteiger partial charge on any atom is -0.508 e. The van der Waals surface area contributed by atoms with Gasteiger partial charge in [-0.05, 0) is 81.8 Å². The van der Waals surface area contributed by atoms with Crippen molar-refractivity contribution in [3.05, 3.63) is 68.7 Å². The summed E-state index contributed by atoms with van der Waals surface area (Å²) in [5, 5.41) is 15.9. The maximum Gasteiger partial charge on any atom is 0.228 e. The molecule has 0 spiro atoms. The first-order valence-corrected chi connectivity index (χ1v) is 14.8. The molecule has 4 heterocycles. The van der Waals surface area contributed by atoms with E-state index in [0.717, 1.165) is 56.0 Å². The lowest BCUT2D eigenvalue weighted by atomic mass is 10.0. The number of allylic oxidation sites excluding steroid dienone is 2. The summed E-state index contributed by atoms with van der Waals surface area (Å²) in [6.07, 6.45) is 5.38. The van der Waals surface area contributed by atoms with Crippen molar-refractivity contribution in [3.63, 3.8) is 0 Å². The minimum absolute atomic E-state index is 0.0286. The monoisotopic (exact) mass is 596 g/mol. The van der Waals surface area contributed by atoms with Crippen LogP contribution in [0.5, 0.6) is 0 Å². The molecule has 7 nitrogen and oxygen atoms in total. The fraction of sp³-hybridized carbons (Fsp3) is 0.419. The quantitative estimate of drug-likeness (QED) is 0.264. The predicted molar refractivity (Wildman–Crippen MR) is 167 cm³/mol. The molecule has 216 valence electrons. The van der Waals surface area contributed by atoms with Gasteiger partial charge in [-0.3, -0.25) is 0 Å². The van der Waals surface area contributed by atoms with Crippen LogP contribution in [0.4, 0.5) is 16.2 Å². The lowest BCUT2D eigenvalue weighted by Crippen LogP contribution is -2.58. The van der Waals surface area contributed by atoms with Gasteiger partial charge in [0.25, 0.3) is 0 Å². The predicted octanol–water partition coefficient (Wildman–Crippen LogP) is 6.08. The number of piperazine rings is 1. The zero-order valence-electron chi connectivity index (χ0n) is 23.8. The Morgan fingerprint density at radius 2 is 1.78 bits per heavy atom. The number of hydrogen-bond donors (Lipinski definition) is 2. The Balaban J connectivity index is 1.43. The summed E-state index contributed by atoms with van der Waals surface area (Å²) in [5.41, 5.74) is 2.57. The molecule has 0 aliphatic carbocycles. The van der Waals surface area contributed by atoms with E-state index in [0.29, 0.717) is 40.1 Å². The molecule has 10 heteroatoms. The molecule has 2 aromatic carbocycles. The number of hydrogen-bond acceptors (Lipinski definition) is 7. The van der Waals surface area contributed by atoms with E-state index in [4.69, 9.17) is 33.2 Å². The lowest BCUT2D eigenvalue weighted by molar-refractivity contribution is 0.245. The van der Waals surface area contributed by atoms with Crippen molar-refractivity contribution in [1.82, 2.24) is 20.2 Å². The third-order valence-corrected chi connectivity index (χ3v) is 9.32. The fourth-order valence-corrected chi connectivity index (χ4v) is 6.63. The van der Waals surface area contributed by atoms with E-state index in [-0.39, 0.29) is 21.9 Å². The summed E-state index contributed by atoms with van der Waals surface area (Å²) in [5.74, 6) is 0.717. The maximum atomic E-state index is 16.5. The highest BCUT2D eigenvalue weighted by molar-refractivity contribution is 6.33. The van der Waals surface area contributed by atoms with Gasteiger partial charge in [-0.2, -0.15) is 4.98 Å². The fourth-order valence-electron chi connectivity index (χ4n) is 6.10. The van der Waals surface area contributed by atoms with Gasteiger partial charge in [0, 0.05) is 60.3 Å². The largest absolute Gasteiger partial charge is 0.508 e. The number of nitrogens with zero attached hydrogens (tertiary/aromatic N) is 5. The van der Waals surface area contributed by atoms with E-state index >= 15 is 4.39 Å². The van der Waals surface area contributed by atoms with E-state index in [9.17, 15) is 5.11 Å². The first-order valence-electron chi connectivity index (χ1n) is 14.1. The third-order valence-electron chi connectivity index (χ3n) is 8.61. The van der Waals surface area contributed by atoms with Crippen molar-refractivity contribution in [3.8, 4) is 0 Å². The molecule has 0 saturated carbocycles. The highest BCUT2D eigenvalue weighted by atomic mass is 35.5. The van der Waals surface area contributed by atoms with Crippen LogP contribution in [0, 0.1) is 12.7 Å². The van der Waals surface area contributed by atoms with Crippen LogP contribution in [-0.2, 0) is 0 Å². The van der Waals surface area contributed by atoms with E-state index in [1.54, 1.807) is 25.1 Å². The van der Waals surface area contributed by atoms with Gasteiger partial charge in [0.1, 0.15) is 17.1 Å². The molecule has 3 fully saturated rings. The number of fused-ring (bicyclic) bond motifs is 3. The van der Waals surface area contributed by atoms with Gasteiger partial charge in [0.2, 0.25) is 5.95 Å². The number of benzene rings is 2. The zero-order chi connectivity index (χ0) is 29.0. The van der Waals surface area contributed by atoms with Crippen molar-refractivity contribution in [2.75, 3.05) is 50.1 Å². The van der Waals surface area contributed by atoms with Gasteiger partial charge in [-0.1, -0.05) is 35.3 Å². The molecule has 1 aromatic heterocycles. The number of anilines is 2. The number of aliphatic hydroxyl groups excluding tert-OH is 1. The van der Waals surface area contributed by atoms with Crippen LogP contribution in [0.2, 0.25) is 10.0 Å². The van der Waals surface area contributed by atoms with Crippen LogP contribution < -0.4 is 15.1 Å². The Morgan fingerprint density at radius 1 is 1.07 bits per heavy atom. The standard InChI is InChI=1S/C31H35Cl2FN6O/c1-17(10-23(41)11-19-6-5-7-25(32)18(19)2)27-26(33)12-24-29(28(27)34)36-31(40-15-22(16-40)38(3)4)37-30(24)39-13-20-8-9-21(14-39)35-20/h5-7,10-12,20-22,35,41H,8-9,13-16H2,1-4H3/b17-10+,23-11+. The van der Waals surface area contributed by atoms with Crippen molar-refractivity contribution < 1.29 is 9.50 Å². The normalized spacial score (nSPS) is 21.8. The summed E-state index contributed by atoms with van der Waals surface area (Å²) in [7, 11) is 4.12.